The molecule has 0 spiro atoms. The summed E-state index contributed by atoms with van der Waals surface area (Å²) < 4.78 is 13.0. The second-order valence-corrected chi connectivity index (χ2v) is 8.87. The fourth-order valence-electron chi connectivity index (χ4n) is 6.50. The van der Waals surface area contributed by atoms with Crippen molar-refractivity contribution in [1.29, 1.82) is 0 Å². The molecular formula is C19H24FNO. The van der Waals surface area contributed by atoms with Gasteiger partial charge in [-0.25, -0.2) is 4.39 Å². The molecule has 0 heterocycles. The predicted octanol–water partition coefficient (Wildman–Crippen LogP) is 4.30. The average Bonchev–Trinajstić information content (AvgIpc) is 2.34. The van der Waals surface area contributed by atoms with E-state index in [4.69, 9.17) is 0 Å². The minimum atomic E-state index is -0.300. The van der Waals surface area contributed by atoms with Crippen molar-refractivity contribution < 1.29 is 9.18 Å². The van der Waals surface area contributed by atoms with Crippen LogP contribution in [0, 0.1) is 22.6 Å². The third-order valence-corrected chi connectivity index (χ3v) is 6.11. The van der Waals surface area contributed by atoms with Gasteiger partial charge in [0.1, 0.15) is 5.82 Å². The molecule has 4 bridgehead atoms. The molecule has 3 heteroatoms. The molecule has 1 aromatic rings. The first-order valence-corrected chi connectivity index (χ1v) is 8.37. The summed E-state index contributed by atoms with van der Waals surface area (Å²) in [6.45, 7) is 4.79. The summed E-state index contributed by atoms with van der Waals surface area (Å²) in [4.78, 5) is 12.6. The number of benzene rings is 1. The first kappa shape index (κ1) is 14.2. The molecule has 0 saturated heterocycles. The first-order valence-electron chi connectivity index (χ1n) is 8.37. The molecule has 1 N–H and O–H groups in total. The van der Waals surface area contributed by atoms with Crippen LogP contribution in [0.1, 0.15) is 62.7 Å². The van der Waals surface area contributed by atoms with Crippen molar-refractivity contribution in [2.45, 2.75) is 57.9 Å². The van der Waals surface area contributed by atoms with Crippen molar-refractivity contribution >= 4 is 5.91 Å². The maximum absolute atomic E-state index is 13.0. The van der Waals surface area contributed by atoms with E-state index in [1.807, 2.05) is 0 Å². The number of nitrogens with one attached hydrogen (secondary N) is 1. The SMILES string of the molecule is C[C@]12CC3CC(NC(=O)c4ccc(F)cc4)(C1)C[C@@](C)(C3)C2. The van der Waals surface area contributed by atoms with E-state index in [9.17, 15) is 9.18 Å². The van der Waals surface area contributed by atoms with E-state index in [2.05, 4.69) is 19.2 Å². The Balaban J connectivity index is 1.60. The summed E-state index contributed by atoms with van der Waals surface area (Å²) in [6, 6.07) is 5.87. The lowest BCUT2D eigenvalue weighted by atomic mass is 9.43. The van der Waals surface area contributed by atoms with Crippen molar-refractivity contribution in [2.75, 3.05) is 0 Å². The molecule has 5 rings (SSSR count). The van der Waals surface area contributed by atoms with Crippen LogP contribution < -0.4 is 5.32 Å². The molecule has 4 atom stereocenters. The highest BCUT2D eigenvalue weighted by Crippen LogP contribution is 2.66. The Morgan fingerprint density at radius 3 is 2.18 bits per heavy atom. The molecule has 0 aromatic heterocycles. The highest BCUT2D eigenvalue weighted by Gasteiger charge is 2.60. The third-order valence-electron chi connectivity index (χ3n) is 6.11. The van der Waals surface area contributed by atoms with Gasteiger partial charge in [0.15, 0.2) is 0 Å². The number of rotatable bonds is 2. The van der Waals surface area contributed by atoms with E-state index in [1.165, 1.54) is 31.4 Å². The summed E-state index contributed by atoms with van der Waals surface area (Å²) >= 11 is 0. The average molecular weight is 301 g/mol. The number of carbonyl (C=O) groups excluding carboxylic acids is 1. The van der Waals surface area contributed by atoms with Gasteiger partial charge in [0.05, 0.1) is 0 Å². The summed E-state index contributed by atoms with van der Waals surface area (Å²) in [7, 11) is 0. The van der Waals surface area contributed by atoms with E-state index >= 15 is 0 Å². The van der Waals surface area contributed by atoms with Gasteiger partial charge in [0, 0.05) is 11.1 Å². The van der Waals surface area contributed by atoms with Gasteiger partial charge < -0.3 is 5.32 Å². The first-order chi connectivity index (χ1) is 10.3. The van der Waals surface area contributed by atoms with Crippen molar-refractivity contribution in [3.63, 3.8) is 0 Å². The fraction of sp³-hybridized carbons (Fsp3) is 0.632. The van der Waals surface area contributed by atoms with E-state index < -0.39 is 0 Å². The maximum atomic E-state index is 13.0. The third kappa shape index (κ3) is 2.26. The standard InChI is InChI=1S/C19H24FNO/c1-17-7-13-8-18(2,10-17)12-19(9-13,11-17)21-16(22)14-3-5-15(20)6-4-14/h3-6,13H,7-12H2,1-2H3,(H,21,22)/t13?,17-,18+,19?. The lowest BCUT2D eigenvalue weighted by Crippen LogP contribution is -2.65. The van der Waals surface area contributed by atoms with Gasteiger partial charge in [0.25, 0.3) is 5.91 Å². The lowest BCUT2D eigenvalue weighted by Gasteiger charge is -2.65. The van der Waals surface area contributed by atoms with Crippen LogP contribution in [0.15, 0.2) is 24.3 Å². The van der Waals surface area contributed by atoms with E-state index in [0.29, 0.717) is 16.4 Å². The normalized spacial score (nSPS) is 42.4. The largest absolute Gasteiger partial charge is 0.347 e. The monoisotopic (exact) mass is 301 g/mol. The van der Waals surface area contributed by atoms with Crippen LogP contribution in [-0.4, -0.2) is 11.4 Å². The van der Waals surface area contributed by atoms with Gasteiger partial charge in [-0.15, -0.1) is 0 Å². The molecule has 2 nitrogen and oxygen atoms in total. The molecule has 22 heavy (non-hydrogen) atoms. The molecule has 4 aliphatic rings. The van der Waals surface area contributed by atoms with Crippen LogP contribution in [0.25, 0.3) is 0 Å². The molecule has 1 aromatic carbocycles. The Bertz CT molecular complexity index is 605. The van der Waals surface area contributed by atoms with E-state index in [0.717, 1.165) is 25.2 Å². The Kier molecular flexibility index (Phi) is 2.80. The quantitative estimate of drug-likeness (QED) is 0.866. The Morgan fingerprint density at radius 2 is 1.64 bits per heavy atom. The molecule has 1 amide bonds. The molecule has 4 fully saturated rings. The van der Waals surface area contributed by atoms with Crippen molar-refractivity contribution in [1.82, 2.24) is 5.32 Å². The van der Waals surface area contributed by atoms with Gasteiger partial charge in [-0.3, -0.25) is 4.79 Å². The van der Waals surface area contributed by atoms with Crippen LogP contribution in [-0.2, 0) is 0 Å². The van der Waals surface area contributed by atoms with Crippen molar-refractivity contribution in [2.24, 2.45) is 16.7 Å². The summed E-state index contributed by atoms with van der Waals surface area (Å²) in [5.74, 6) is 0.403. The van der Waals surface area contributed by atoms with Gasteiger partial charge in [-0.1, -0.05) is 13.8 Å². The molecule has 0 aliphatic heterocycles. The number of halogens is 1. The fourth-order valence-corrected chi connectivity index (χ4v) is 6.50. The van der Waals surface area contributed by atoms with Gasteiger partial charge in [-0.05, 0) is 79.5 Å². The van der Waals surface area contributed by atoms with Crippen LogP contribution in [0.2, 0.25) is 0 Å². The van der Waals surface area contributed by atoms with Crippen LogP contribution in [0.3, 0.4) is 0 Å². The molecule has 4 saturated carbocycles. The number of hydrogen-bond donors (Lipinski definition) is 1. The zero-order chi connectivity index (χ0) is 15.6. The zero-order valence-electron chi connectivity index (χ0n) is 13.4. The molecule has 2 unspecified atom stereocenters. The highest BCUT2D eigenvalue weighted by molar-refractivity contribution is 5.94. The van der Waals surface area contributed by atoms with Gasteiger partial charge >= 0.3 is 0 Å². The van der Waals surface area contributed by atoms with Crippen LogP contribution in [0.5, 0.6) is 0 Å². The second-order valence-electron chi connectivity index (χ2n) is 8.87. The number of amides is 1. The minimum Gasteiger partial charge on any atom is -0.347 e. The molecule has 4 aliphatic carbocycles. The molecule has 118 valence electrons. The number of hydrogen-bond acceptors (Lipinski definition) is 1. The van der Waals surface area contributed by atoms with E-state index in [-0.39, 0.29) is 17.3 Å². The summed E-state index contributed by atoms with van der Waals surface area (Å²) in [5, 5.41) is 3.35. The van der Waals surface area contributed by atoms with Gasteiger partial charge in [0.2, 0.25) is 0 Å². The maximum Gasteiger partial charge on any atom is 0.251 e. The van der Waals surface area contributed by atoms with Crippen LogP contribution >= 0.6 is 0 Å². The zero-order valence-corrected chi connectivity index (χ0v) is 13.4. The minimum absolute atomic E-state index is 0.0471. The Hall–Kier alpha value is -1.38. The molecular weight excluding hydrogens is 277 g/mol. The molecule has 0 radical (unpaired) electrons. The lowest BCUT2D eigenvalue weighted by molar-refractivity contribution is -0.114. The van der Waals surface area contributed by atoms with E-state index in [1.54, 1.807) is 12.1 Å². The summed E-state index contributed by atoms with van der Waals surface area (Å²) in [5.41, 5.74) is 1.27. The highest BCUT2D eigenvalue weighted by atomic mass is 19.1. The Labute approximate surface area is 131 Å². The number of carbonyl (C=O) groups is 1. The van der Waals surface area contributed by atoms with Crippen molar-refractivity contribution in [3.05, 3.63) is 35.6 Å². The Morgan fingerprint density at radius 1 is 1.05 bits per heavy atom. The smallest absolute Gasteiger partial charge is 0.251 e. The summed E-state index contributed by atoms with van der Waals surface area (Å²) in [6.07, 6.45) is 7.24. The topological polar surface area (TPSA) is 29.1 Å². The van der Waals surface area contributed by atoms with Gasteiger partial charge in [-0.2, -0.15) is 0 Å². The predicted molar refractivity (Wildman–Crippen MR) is 84.0 cm³/mol. The van der Waals surface area contributed by atoms with Crippen LogP contribution in [0.4, 0.5) is 4.39 Å². The second kappa shape index (κ2) is 4.33. The van der Waals surface area contributed by atoms with Crippen molar-refractivity contribution in [3.8, 4) is 0 Å².